The molecule has 1 aromatic rings. The third-order valence-corrected chi connectivity index (χ3v) is 2.28. The Kier molecular flexibility index (Phi) is 4.40. The first-order valence-corrected chi connectivity index (χ1v) is 5.23. The van der Waals surface area contributed by atoms with E-state index in [0.29, 0.717) is 5.11 Å². The second-order valence-corrected chi connectivity index (χ2v) is 3.66. The molecule has 14 heavy (non-hydrogen) atoms. The average Bonchev–Trinajstić information content (AvgIpc) is 2.18. The number of hydrogen-bond acceptors (Lipinski definition) is 1. The van der Waals surface area contributed by atoms with Crippen molar-refractivity contribution in [1.29, 1.82) is 0 Å². The largest absolute Gasteiger partial charge is 0.376 e. The van der Waals surface area contributed by atoms with Crippen molar-refractivity contribution < 1.29 is 0 Å². The van der Waals surface area contributed by atoms with Gasteiger partial charge in [-0.25, -0.2) is 0 Å². The minimum atomic E-state index is 0.482. The van der Waals surface area contributed by atoms with Crippen molar-refractivity contribution in [3.05, 3.63) is 35.9 Å². The summed E-state index contributed by atoms with van der Waals surface area (Å²) in [5.41, 5.74) is 6.87. The Morgan fingerprint density at radius 1 is 1.36 bits per heavy atom. The SMILES string of the molecule is CCCN(Cc1ccccc1)C(N)=S. The lowest BCUT2D eigenvalue weighted by Crippen LogP contribution is -2.35. The van der Waals surface area contributed by atoms with Crippen LogP contribution in [-0.2, 0) is 6.54 Å². The molecule has 0 atom stereocenters. The Morgan fingerprint density at radius 2 is 2.00 bits per heavy atom. The molecule has 0 fully saturated rings. The molecule has 2 N–H and O–H groups in total. The summed E-state index contributed by atoms with van der Waals surface area (Å²) in [4.78, 5) is 2.02. The van der Waals surface area contributed by atoms with Gasteiger partial charge in [-0.15, -0.1) is 0 Å². The average molecular weight is 208 g/mol. The molecular weight excluding hydrogens is 192 g/mol. The van der Waals surface area contributed by atoms with Crippen molar-refractivity contribution in [3.8, 4) is 0 Å². The number of hydrogen-bond donors (Lipinski definition) is 1. The van der Waals surface area contributed by atoms with Crippen molar-refractivity contribution in [1.82, 2.24) is 4.90 Å². The quantitative estimate of drug-likeness (QED) is 0.769. The Labute approximate surface area is 90.7 Å². The Balaban J connectivity index is 2.60. The molecule has 1 aromatic carbocycles. The number of rotatable bonds is 4. The second-order valence-electron chi connectivity index (χ2n) is 3.25. The summed E-state index contributed by atoms with van der Waals surface area (Å²) in [6.45, 7) is 3.85. The van der Waals surface area contributed by atoms with Gasteiger partial charge in [0.05, 0.1) is 0 Å². The Bertz CT molecular complexity index is 285. The molecule has 0 heterocycles. The third-order valence-electron chi connectivity index (χ3n) is 2.02. The smallest absolute Gasteiger partial charge is 0.166 e. The van der Waals surface area contributed by atoms with Crippen LogP contribution in [-0.4, -0.2) is 16.6 Å². The predicted octanol–water partition coefficient (Wildman–Crippen LogP) is 2.14. The molecular formula is C11H16N2S. The second kappa shape index (κ2) is 5.60. The molecule has 2 nitrogen and oxygen atoms in total. The minimum Gasteiger partial charge on any atom is -0.376 e. The van der Waals surface area contributed by atoms with Crippen molar-refractivity contribution >= 4 is 17.3 Å². The highest BCUT2D eigenvalue weighted by atomic mass is 32.1. The molecule has 0 amide bonds. The molecule has 76 valence electrons. The van der Waals surface area contributed by atoms with Crippen LogP contribution in [0, 0.1) is 0 Å². The molecule has 0 bridgehead atoms. The van der Waals surface area contributed by atoms with E-state index in [1.165, 1.54) is 5.56 Å². The van der Waals surface area contributed by atoms with Gasteiger partial charge in [0.25, 0.3) is 0 Å². The van der Waals surface area contributed by atoms with E-state index in [-0.39, 0.29) is 0 Å². The van der Waals surface area contributed by atoms with E-state index in [1.54, 1.807) is 0 Å². The molecule has 0 radical (unpaired) electrons. The Hall–Kier alpha value is -1.09. The number of benzene rings is 1. The first-order chi connectivity index (χ1) is 6.74. The maximum absolute atomic E-state index is 5.63. The van der Waals surface area contributed by atoms with Gasteiger partial charge in [-0.3, -0.25) is 0 Å². The van der Waals surface area contributed by atoms with Crippen molar-refractivity contribution in [2.24, 2.45) is 5.73 Å². The van der Waals surface area contributed by atoms with Crippen molar-refractivity contribution in [2.75, 3.05) is 6.54 Å². The lowest BCUT2D eigenvalue weighted by atomic mass is 10.2. The molecule has 1 rings (SSSR count). The fourth-order valence-corrected chi connectivity index (χ4v) is 1.50. The molecule has 0 aromatic heterocycles. The van der Waals surface area contributed by atoms with Crippen LogP contribution in [0.1, 0.15) is 18.9 Å². The van der Waals surface area contributed by atoms with E-state index in [0.717, 1.165) is 19.5 Å². The minimum absolute atomic E-state index is 0.482. The van der Waals surface area contributed by atoms with E-state index in [2.05, 4.69) is 19.1 Å². The monoisotopic (exact) mass is 208 g/mol. The van der Waals surface area contributed by atoms with E-state index in [1.807, 2.05) is 23.1 Å². The molecule has 0 aliphatic heterocycles. The maximum atomic E-state index is 5.63. The lowest BCUT2D eigenvalue weighted by molar-refractivity contribution is 0.415. The summed E-state index contributed by atoms with van der Waals surface area (Å²) in [5.74, 6) is 0. The Morgan fingerprint density at radius 3 is 2.50 bits per heavy atom. The van der Waals surface area contributed by atoms with Crippen LogP contribution in [0.2, 0.25) is 0 Å². The highest BCUT2D eigenvalue weighted by molar-refractivity contribution is 7.80. The highest BCUT2D eigenvalue weighted by Gasteiger charge is 2.04. The van der Waals surface area contributed by atoms with Crippen LogP contribution < -0.4 is 5.73 Å². The van der Waals surface area contributed by atoms with Crippen LogP contribution in [0.15, 0.2) is 30.3 Å². The maximum Gasteiger partial charge on any atom is 0.166 e. The fourth-order valence-electron chi connectivity index (χ4n) is 1.34. The highest BCUT2D eigenvalue weighted by Crippen LogP contribution is 2.04. The van der Waals surface area contributed by atoms with Gasteiger partial charge >= 0.3 is 0 Å². The van der Waals surface area contributed by atoms with E-state index >= 15 is 0 Å². The van der Waals surface area contributed by atoms with Gasteiger partial charge in [-0.2, -0.15) is 0 Å². The fraction of sp³-hybridized carbons (Fsp3) is 0.364. The first kappa shape index (κ1) is 11.0. The van der Waals surface area contributed by atoms with Gasteiger partial charge in [-0.1, -0.05) is 37.3 Å². The van der Waals surface area contributed by atoms with Crippen molar-refractivity contribution in [2.45, 2.75) is 19.9 Å². The van der Waals surface area contributed by atoms with E-state index in [4.69, 9.17) is 18.0 Å². The molecule has 0 saturated heterocycles. The van der Waals surface area contributed by atoms with E-state index in [9.17, 15) is 0 Å². The van der Waals surface area contributed by atoms with Crippen LogP contribution >= 0.6 is 12.2 Å². The molecule has 0 aliphatic rings. The number of nitrogens with zero attached hydrogens (tertiary/aromatic N) is 1. The first-order valence-electron chi connectivity index (χ1n) is 4.82. The summed E-state index contributed by atoms with van der Waals surface area (Å²) in [7, 11) is 0. The summed E-state index contributed by atoms with van der Waals surface area (Å²) >= 11 is 4.99. The summed E-state index contributed by atoms with van der Waals surface area (Å²) in [6.07, 6.45) is 1.06. The number of nitrogens with two attached hydrogens (primary N) is 1. The zero-order chi connectivity index (χ0) is 10.4. The molecule has 0 unspecified atom stereocenters. The standard InChI is InChI=1S/C11H16N2S/c1-2-8-13(11(12)14)9-10-6-4-3-5-7-10/h3-7H,2,8-9H2,1H3,(H2,12,14). The van der Waals surface area contributed by atoms with Gasteiger partial charge in [0.2, 0.25) is 0 Å². The summed E-state index contributed by atoms with van der Waals surface area (Å²) < 4.78 is 0. The van der Waals surface area contributed by atoms with Crippen LogP contribution in [0.25, 0.3) is 0 Å². The van der Waals surface area contributed by atoms with E-state index < -0.39 is 0 Å². The van der Waals surface area contributed by atoms with Gasteiger partial charge in [0.1, 0.15) is 0 Å². The number of thiocarbonyl (C=S) groups is 1. The molecule has 0 spiro atoms. The molecule has 0 aliphatic carbocycles. The topological polar surface area (TPSA) is 29.3 Å². The third kappa shape index (κ3) is 3.34. The zero-order valence-electron chi connectivity index (χ0n) is 8.44. The summed E-state index contributed by atoms with van der Waals surface area (Å²) in [6, 6.07) is 10.2. The van der Waals surface area contributed by atoms with Crippen LogP contribution in [0.3, 0.4) is 0 Å². The normalized spacial score (nSPS) is 9.79. The van der Waals surface area contributed by atoms with Gasteiger partial charge in [0.15, 0.2) is 5.11 Å². The molecule has 0 saturated carbocycles. The van der Waals surface area contributed by atoms with Crippen LogP contribution in [0.5, 0.6) is 0 Å². The summed E-state index contributed by atoms with van der Waals surface area (Å²) in [5, 5.41) is 0.482. The van der Waals surface area contributed by atoms with Crippen LogP contribution in [0.4, 0.5) is 0 Å². The molecule has 3 heteroatoms. The van der Waals surface area contributed by atoms with Gasteiger partial charge in [-0.05, 0) is 24.2 Å². The van der Waals surface area contributed by atoms with Gasteiger partial charge < -0.3 is 10.6 Å². The predicted molar refractivity (Wildman–Crippen MR) is 63.9 cm³/mol. The zero-order valence-corrected chi connectivity index (χ0v) is 9.26. The lowest BCUT2D eigenvalue weighted by Gasteiger charge is -2.21. The van der Waals surface area contributed by atoms with Gasteiger partial charge in [0, 0.05) is 13.1 Å². The van der Waals surface area contributed by atoms with Crippen molar-refractivity contribution in [3.63, 3.8) is 0 Å².